The van der Waals surface area contributed by atoms with Crippen LogP contribution >= 0.6 is 0 Å². The van der Waals surface area contributed by atoms with Gasteiger partial charge in [0.25, 0.3) is 5.91 Å². The highest BCUT2D eigenvalue weighted by atomic mass is 16.4. The molecule has 19 nitrogen and oxygen atoms in total. The first kappa shape index (κ1) is 54.4. The predicted molar refractivity (Wildman–Crippen MR) is 247 cm³/mol. The number of carbonyl (C=O) groups excluding carboxylic acids is 7. The van der Waals surface area contributed by atoms with Crippen molar-refractivity contribution in [1.29, 1.82) is 0 Å². The molecular weight excluding hydrogens is 851 g/mol. The predicted octanol–water partition coefficient (Wildman–Crippen LogP) is 0.466. The number of carbonyl (C=O) groups is 8. The molecule has 0 unspecified atom stereocenters. The van der Waals surface area contributed by atoms with E-state index in [1.165, 1.54) is 6.92 Å². The van der Waals surface area contributed by atoms with Crippen LogP contribution in [-0.2, 0) is 53.1 Å². The third kappa shape index (κ3) is 17.1. The summed E-state index contributed by atoms with van der Waals surface area (Å²) in [6.07, 6.45) is -0.340. The lowest BCUT2D eigenvalue weighted by molar-refractivity contribution is -0.144. The van der Waals surface area contributed by atoms with Gasteiger partial charge in [-0.2, -0.15) is 0 Å². The highest BCUT2D eigenvalue weighted by molar-refractivity contribution is 5.99. The Hall–Kier alpha value is -5.92. The molecule has 0 fully saturated rings. The highest BCUT2D eigenvalue weighted by Crippen LogP contribution is 2.23. The molecule has 2 aromatic rings. The van der Waals surface area contributed by atoms with E-state index in [1.807, 2.05) is 56.9 Å². The van der Waals surface area contributed by atoms with Crippen molar-refractivity contribution in [3.8, 4) is 0 Å². The number of benzene rings is 2. The van der Waals surface area contributed by atoms with Crippen LogP contribution in [0.5, 0.6) is 0 Å². The quantitative estimate of drug-likeness (QED) is 0.0651. The minimum Gasteiger partial charge on any atom is -0.480 e. The van der Waals surface area contributed by atoms with Crippen molar-refractivity contribution in [3.05, 3.63) is 70.8 Å². The molecule has 0 saturated carbocycles. The second-order valence-electron chi connectivity index (χ2n) is 18.1. The summed E-state index contributed by atoms with van der Waals surface area (Å²) in [6, 6.07) is 8.14. The number of amides is 7. The fourth-order valence-electron chi connectivity index (χ4n) is 7.52. The molecule has 1 aliphatic rings. The van der Waals surface area contributed by atoms with Crippen LogP contribution in [0.4, 0.5) is 0 Å². The smallest absolute Gasteiger partial charge is 0.326 e. The van der Waals surface area contributed by atoms with Crippen molar-refractivity contribution in [2.75, 3.05) is 19.6 Å². The monoisotopic (exact) mass is 922 g/mol. The Bertz CT molecular complexity index is 2010. The molecule has 7 atom stereocenters. The minimum absolute atomic E-state index is 0.0686. The van der Waals surface area contributed by atoms with Crippen LogP contribution < -0.4 is 43.0 Å². The van der Waals surface area contributed by atoms with Gasteiger partial charge in [-0.15, -0.1) is 0 Å². The van der Waals surface area contributed by atoms with Crippen LogP contribution in [0.3, 0.4) is 0 Å². The maximum absolute atomic E-state index is 13.9. The summed E-state index contributed by atoms with van der Waals surface area (Å²) in [6.45, 7) is 14.7. The molecule has 0 aliphatic carbocycles. The molecule has 66 heavy (non-hydrogen) atoms. The molecule has 11 N–H and O–H groups in total. The zero-order valence-corrected chi connectivity index (χ0v) is 39.4. The maximum atomic E-state index is 13.9. The molecule has 7 amide bonds. The van der Waals surface area contributed by atoms with Crippen molar-refractivity contribution in [2.24, 2.45) is 23.5 Å². The molecule has 0 saturated heterocycles. The molecule has 364 valence electrons. The van der Waals surface area contributed by atoms with E-state index in [0.717, 1.165) is 11.1 Å². The molecule has 0 aromatic heterocycles. The van der Waals surface area contributed by atoms with Gasteiger partial charge in [-0.3, -0.25) is 38.5 Å². The van der Waals surface area contributed by atoms with Crippen molar-refractivity contribution in [1.82, 2.24) is 42.1 Å². The summed E-state index contributed by atoms with van der Waals surface area (Å²) in [5.41, 5.74) is 8.36. The third-order valence-electron chi connectivity index (χ3n) is 11.1. The molecule has 0 bridgehead atoms. The maximum Gasteiger partial charge on any atom is 0.326 e. The number of aliphatic hydroxyl groups excluding tert-OH is 1. The van der Waals surface area contributed by atoms with E-state index in [9.17, 15) is 48.6 Å². The third-order valence-corrected chi connectivity index (χ3v) is 11.1. The normalized spacial score (nSPS) is 16.4. The average molecular weight is 922 g/mol. The van der Waals surface area contributed by atoms with Crippen LogP contribution in [0, 0.1) is 17.8 Å². The lowest BCUT2D eigenvalue weighted by Gasteiger charge is -2.36. The molecule has 0 spiro atoms. The van der Waals surface area contributed by atoms with E-state index in [-0.39, 0.29) is 61.7 Å². The first-order valence-corrected chi connectivity index (χ1v) is 22.7. The van der Waals surface area contributed by atoms with Crippen LogP contribution in [0.1, 0.15) is 102 Å². The summed E-state index contributed by atoms with van der Waals surface area (Å²) >= 11 is 0. The number of rotatable bonds is 25. The van der Waals surface area contributed by atoms with Crippen LogP contribution in [-0.4, -0.2) is 124 Å². The van der Waals surface area contributed by atoms with Gasteiger partial charge in [0.05, 0.1) is 12.1 Å². The molecule has 2 aromatic carbocycles. The summed E-state index contributed by atoms with van der Waals surface area (Å²) in [5, 5.41) is 38.7. The van der Waals surface area contributed by atoms with Gasteiger partial charge in [-0.05, 0) is 79.7 Å². The summed E-state index contributed by atoms with van der Waals surface area (Å²) in [7, 11) is 0. The summed E-state index contributed by atoms with van der Waals surface area (Å²) in [4.78, 5) is 106. The second-order valence-corrected chi connectivity index (χ2v) is 18.1. The van der Waals surface area contributed by atoms with E-state index in [1.54, 1.807) is 45.0 Å². The Morgan fingerprint density at radius 3 is 1.91 bits per heavy atom. The number of aliphatic hydroxyl groups is 1. The molecule has 19 heteroatoms. The summed E-state index contributed by atoms with van der Waals surface area (Å²) in [5.74, 6) is -5.46. The van der Waals surface area contributed by atoms with E-state index in [2.05, 4.69) is 37.2 Å². The number of nitrogens with zero attached hydrogens (tertiary/aromatic N) is 1. The van der Waals surface area contributed by atoms with Gasteiger partial charge >= 0.3 is 5.97 Å². The van der Waals surface area contributed by atoms with Gasteiger partial charge in [0, 0.05) is 44.7 Å². The number of aliphatic carboxylic acids is 1. The zero-order valence-electron chi connectivity index (χ0n) is 39.4. The van der Waals surface area contributed by atoms with Gasteiger partial charge in [0.15, 0.2) is 0 Å². The van der Waals surface area contributed by atoms with Gasteiger partial charge in [-0.25, -0.2) is 4.79 Å². The van der Waals surface area contributed by atoms with Gasteiger partial charge < -0.3 is 53.2 Å². The first-order chi connectivity index (χ1) is 31.1. The fourth-order valence-corrected chi connectivity index (χ4v) is 7.52. The van der Waals surface area contributed by atoms with E-state index in [0.29, 0.717) is 31.5 Å². The SMILES string of the molecule is CC(C)C[C@H](NC(=O)CCN)C(=O)N[C@@H](C)C(=O)NCCN1Cc2ccccc2C[C@H]1C(=O)NCc1cccc(C(=O)N[C@@H](CC(C)C)C(=O)N[C@H](C(=O)N[C@H](C(=O)O)C(C)C)[C@@H](C)O)c1. The van der Waals surface area contributed by atoms with Gasteiger partial charge in [-0.1, -0.05) is 77.9 Å². The number of carboxylic acids is 1. The van der Waals surface area contributed by atoms with Crippen molar-refractivity contribution in [2.45, 2.75) is 137 Å². The topological polar surface area (TPSA) is 290 Å². The minimum atomic E-state index is -1.50. The molecule has 1 aliphatic heterocycles. The number of nitrogens with one attached hydrogen (secondary N) is 7. The number of carboxylic acid groups (broad SMARTS) is 1. The molecule has 1 heterocycles. The van der Waals surface area contributed by atoms with Crippen LogP contribution in [0.25, 0.3) is 0 Å². The lowest BCUT2D eigenvalue weighted by atomic mass is 9.93. The second kappa shape index (κ2) is 26.3. The van der Waals surface area contributed by atoms with Crippen molar-refractivity contribution < 1.29 is 48.6 Å². The number of fused-ring (bicyclic) bond motifs is 1. The molecule has 0 radical (unpaired) electrons. The van der Waals surface area contributed by atoms with Crippen LogP contribution in [0.15, 0.2) is 48.5 Å². The standard InChI is InChI=1S/C47H71N9O10/c1-26(2)20-35(52-38(58)16-17-48)43(61)51-29(7)41(59)49-18-19-56-25-34-14-10-9-13-32(34)23-37(56)45(63)50-24-31-12-11-15-33(22-31)42(60)53-36(21-27(3)4)44(62)55-40(30(8)57)46(64)54-39(28(5)6)47(65)66/h9-15,22,26-30,35-37,39-40,57H,16-21,23-25,48H2,1-8H3,(H,49,59)(H,50,63)(H,51,61)(H,52,58)(H,53,60)(H,54,64)(H,55,62)(H,65,66)/t29-,30+,35-,36-,37-,39-,40-/m0/s1. The lowest BCUT2D eigenvalue weighted by Crippen LogP contribution is -2.59. The van der Waals surface area contributed by atoms with Crippen molar-refractivity contribution >= 4 is 47.3 Å². The Morgan fingerprint density at radius 2 is 1.32 bits per heavy atom. The Labute approximate surface area is 387 Å². The first-order valence-electron chi connectivity index (χ1n) is 22.7. The van der Waals surface area contributed by atoms with E-state index < -0.39 is 83.8 Å². The average Bonchev–Trinajstić information content (AvgIpc) is 3.24. The van der Waals surface area contributed by atoms with E-state index in [4.69, 9.17) is 5.73 Å². The van der Waals surface area contributed by atoms with Crippen LogP contribution in [0.2, 0.25) is 0 Å². The molecular formula is C47H71N9O10. The fraction of sp³-hybridized carbons (Fsp3) is 0.574. The number of nitrogens with two attached hydrogens (primary N) is 1. The van der Waals surface area contributed by atoms with Crippen molar-refractivity contribution in [3.63, 3.8) is 0 Å². The summed E-state index contributed by atoms with van der Waals surface area (Å²) < 4.78 is 0. The Balaban J connectivity index is 1.66. The van der Waals surface area contributed by atoms with Gasteiger partial charge in [0.2, 0.25) is 35.4 Å². The molecule has 3 rings (SSSR count). The Kier molecular flexibility index (Phi) is 21.7. The van der Waals surface area contributed by atoms with E-state index >= 15 is 0 Å². The number of hydrogen-bond donors (Lipinski definition) is 10. The number of hydrogen-bond acceptors (Lipinski definition) is 11. The zero-order chi connectivity index (χ0) is 49.2. The van der Waals surface area contributed by atoms with Gasteiger partial charge in [0.1, 0.15) is 30.2 Å². The largest absolute Gasteiger partial charge is 0.480 e. The Morgan fingerprint density at radius 1 is 0.712 bits per heavy atom. The highest BCUT2D eigenvalue weighted by Gasteiger charge is 2.35.